The van der Waals surface area contributed by atoms with Crippen molar-refractivity contribution < 1.29 is 14.3 Å². The summed E-state index contributed by atoms with van der Waals surface area (Å²) in [6.07, 6.45) is 1.75. The molecule has 0 spiro atoms. The molecular formula is C25H27ClIN3O3. The number of aromatic nitrogens is 1. The number of Topliss-reactive ketones (excluding diaryl/α,β-unsaturated/α-hetero) is 1. The van der Waals surface area contributed by atoms with Crippen molar-refractivity contribution in [2.45, 2.75) is 25.5 Å². The van der Waals surface area contributed by atoms with E-state index in [-0.39, 0.29) is 6.61 Å². The first kappa shape index (κ1) is 24.0. The second kappa shape index (κ2) is 10.4. The van der Waals surface area contributed by atoms with Gasteiger partial charge in [-0.05, 0) is 50.2 Å². The van der Waals surface area contributed by atoms with Gasteiger partial charge in [-0.15, -0.1) is 0 Å². The van der Waals surface area contributed by atoms with Crippen LogP contribution in [0.4, 0.5) is 0 Å². The van der Waals surface area contributed by atoms with Crippen LogP contribution in [0.5, 0.6) is 5.75 Å². The maximum absolute atomic E-state index is 13.5. The van der Waals surface area contributed by atoms with E-state index in [2.05, 4.69) is 34.5 Å². The molecule has 33 heavy (non-hydrogen) atoms. The fourth-order valence-electron chi connectivity index (χ4n) is 4.41. The largest absolute Gasteiger partial charge is 0.487 e. The van der Waals surface area contributed by atoms with Crippen LogP contribution in [0, 0.1) is 0 Å². The van der Waals surface area contributed by atoms with Crippen LogP contribution in [0.25, 0.3) is 10.9 Å². The van der Waals surface area contributed by atoms with Gasteiger partial charge in [-0.1, -0.05) is 52.4 Å². The third kappa shape index (κ3) is 5.05. The van der Waals surface area contributed by atoms with Crippen molar-refractivity contribution in [1.82, 2.24) is 14.4 Å². The number of carbonyl (C=O) groups excluding carboxylic acids is 2. The number of likely N-dealkylation sites (tertiary alicyclic amines) is 1. The first-order chi connectivity index (χ1) is 15.9. The molecule has 2 heterocycles. The lowest BCUT2D eigenvalue weighted by atomic mass is 10.0. The second-order valence-electron chi connectivity index (χ2n) is 8.37. The molecule has 0 aliphatic carbocycles. The summed E-state index contributed by atoms with van der Waals surface area (Å²) in [4.78, 5) is 30.8. The summed E-state index contributed by atoms with van der Waals surface area (Å²) in [7, 11) is 4.00. The van der Waals surface area contributed by atoms with Crippen LogP contribution in [-0.4, -0.2) is 56.8 Å². The summed E-state index contributed by atoms with van der Waals surface area (Å²) in [5.41, 5.74) is 2.01. The number of alkyl halides is 1. The number of ether oxygens (including phenoxy) is 1. The van der Waals surface area contributed by atoms with E-state index in [0.29, 0.717) is 41.2 Å². The molecule has 4 rings (SSSR count). The van der Waals surface area contributed by atoms with Crippen LogP contribution in [-0.2, 0) is 18.4 Å². The van der Waals surface area contributed by atoms with Gasteiger partial charge in [0.05, 0.1) is 15.8 Å². The van der Waals surface area contributed by atoms with Crippen LogP contribution < -0.4 is 4.74 Å². The Morgan fingerprint density at radius 3 is 2.45 bits per heavy atom. The smallest absolute Gasteiger partial charge is 0.295 e. The number of hydrogen-bond acceptors (Lipinski definition) is 4. The summed E-state index contributed by atoms with van der Waals surface area (Å²) in [5.74, 6) is -0.257. The van der Waals surface area contributed by atoms with Gasteiger partial charge in [0.15, 0.2) is 0 Å². The average Bonchev–Trinajstić information content (AvgIpc) is 3.14. The predicted octanol–water partition coefficient (Wildman–Crippen LogP) is 4.91. The molecule has 0 bridgehead atoms. The number of para-hydroxylation sites is 1. The molecule has 1 aliphatic heterocycles. The van der Waals surface area contributed by atoms with Crippen LogP contribution in [0.2, 0.25) is 5.02 Å². The van der Waals surface area contributed by atoms with Crippen molar-refractivity contribution in [3.63, 3.8) is 0 Å². The van der Waals surface area contributed by atoms with Crippen LogP contribution in [0.3, 0.4) is 0 Å². The minimum absolute atomic E-state index is 0.170. The van der Waals surface area contributed by atoms with Crippen LogP contribution in [0.15, 0.2) is 48.5 Å². The fourth-order valence-corrected chi connectivity index (χ4v) is 5.09. The topological polar surface area (TPSA) is 54.8 Å². The summed E-state index contributed by atoms with van der Waals surface area (Å²) in [6, 6.07) is 15.2. The molecule has 0 radical (unpaired) electrons. The summed E-state index contributed by atoms with van der Waals surface area (Å²) >= 11 is 8.32. The molecule has 1 fully saturated rings. The Morgan fingerprint density at radius 1 is 1.12 bits per heavy atom. The Hall–Kier alpha value is -2.10. The monoisotopic (exact) mass is 579 g/mol. The molecule has 1 amide bonds. The van der Waals surface area contributed by atoms with E-state index >= 15 is 0 Å². The molecule has 0 saturated carbocycles. The zero-order valence-electron chi connectivity index (χ0n) is 18.8. The highest BCUT2D eigenvalue weighted by Crippen LogP contribution is 2.28. The number of benzene rings is 2. The number of hydrogen-bond donors (Lipinski definition) is 0. The summed E-state index contributed by atoms with van der Waals surface area (Å²) in [5, 5.41) is 1.40. The molecule has 174 valence electrons. The minimum Gasteiger partial charge on any atom is -0.487 e. The molecule has 0 unspecified atom stereocenters. The Bertz CT molecular complexity index is 1150. The number of ketones is 1. The van der Waals surface area contributed by atoms with Gasteiger partial charge in [0.1, 0.15) is 12.4 Å². The standard InChI is InChI=1S/C25H27ClIN3O3/c1-28(16-27)18-11-13-30(14-12-18)25(32)24(31)23-20-5-3-4-6-21(20)29(2)22(23)15-33-19-9-7-17(26)8-10-19/h3-10,18H,11-16H2,1-2H3. The third-order valence-electron chi connectivity index (χ3n) is 6.40. The van der Waals surface area contributed by atoms with E-state index in [1.54, 1.807) is 29.2 Å². The molecule has 2 aromatic carbocycles. The number of carbonyl (C=O) groups is 2. The van der Waals surface area contributed by atoms with Gasteiger partial charge in [0.25, 0.3) is 11.7 Å². The number of aryl methyl sites for hydroxylation is 1. The fraction of sp³-hybridized carbons (Fsp3) is 0.360. The lowest BCUT2D eigenvalue weighted by Crippen LogP contribution is -2.47. The van der Waals surface area contributed by atoms with Gasteiger partial charge in [-0.25, -0.2) is 0 Å². The van der Waals surface area contributed by atoms with Crippen molar-refractivity contribution in [2.24, 2.45) is 7.05 Å². The Balaban J connectivity index is 1.59. The van der Waals surface area contributed by atoms with Gasteiger partial charge >= 0.3 is 0 Å². The number of fused-ring (bicyclic) bond motifs is 1. The molecular weight excluding hydrogens is 553 g/mol. The molecule has 3 aromatic rings. The number of halogens is 2. The first-order valence-corrected chi connectivity index (χ1v) is 12.9. The lowest BCUT2D eigenvalue weighted by molar-refractivity contribution is -0.127. The molecule has 6 nitrogen and oxygen atoms in total. The van der Waals surface area contributed by atoms with Gasteiger partial charge in [0, 0.05) is 42.1 Å². The van der Waals surface area contributed by atoms with Gasteiger partial charge in [0.2, 0.25) is 0 Å². The molecule has 1 aliphatic rings. The second-order valence-corrected chi connectivity index (χ2v) is 9.49. The van der Waals surface area contributed by atoms with Crippen molar-refractivity contribution in [2.75, 3.05) is 24.7 Å². The van der Waals surface area contributed by atoms with Gasteiger partial charge < -0.3 is 14.2 Å². The van der Waals surface area contributed by atoms with Crippen molar-refractivity contribution >= 4 is 56.8 Å². The Kier molecular flexibility index (Phi) is 7.61. The van der Waals surface area contributed by atoms with Crippen LogP contribution in [0.1, 0.15) is 28.9 Å². The number of piperidine rings is 1. The van der Waals surface area contributed by atoms with E-state index < -0.39 is 11.7 Å². The van der Waals surface area contributed by atoms with Crippen molar-refractivity contribution in [3.8, 4) is 5.75 Å². The normalized spacial score (nSPS) is 14.8. The third-order valence-corrected chi connectivity index (χ3v) is 7.73. The summed E-state index contributed by atoms with van der Waals surface area (Å²) in [6.45, 7) is 1.36. The summed E-state index contributed by atoms with van der Waals surface area (Å²) < 4.78 is 8.85. The maximum Gasteiger partial charge on any atom is 0.295 e. The van der Waals surface area contributed by atoms with Crippen molar-refractivity contribution in [3.05, 3.63) is 64.8 Å². The molecule has 0 N–H and O–H groups in total. The van der Waals surface area contributed by atoms with E-state index in [9.17, 15) is 9.59 Å². The predicted molar refractivity (Wildman–Crippen MR) is 139 cm³/mol. The Labute approximate surface area is 212 Å². The number of rotatable bonds is 7. The highest BCUT2D eigenvalue weighted by molar-refractivity contribution is 14.1. The van der Waals surface area contributed by atoms with Crippen molar-refractivity contribution in [1.29, 1.82) is 0 Å². The molecule has 1 aromatic heterocycles. The van der Waals surface area contributed by atoms with E-state index in [0.717, 1.165) is 28.3 Å². The molecule has 1 saturated heterocycles. The quantitative estimate of drug-likeness (QED) is 0.131. The van der Waals surface area contributed by atoms with E-state index in [1.165, 1.54) is 0 Å². The molecule has 0 atom stereocenters. The Morgan fingerprint density at radius 2 is 1.79 bits per heavy atom. The van der Waals surface area contributed by atoms with Crippen LogP contribution >= 0.6 is 34.2 Å². The minimum atomic E-state index is -0.470. The van der Waals surface area contributed by atoms with E-state index in [1.807, 2.05) is 35.9 Å². The number of nitrogens with zero attached hydrogens (tertiary/aromatic N) is 3. The molecule has 8 heteroatoms. The zero-order valence-corrected chi connectivity index (χ0v) is 21.7. The maximum atomic E-state index is 13.5. The lowest BCUT2D eigenvalue weighted by Gasteiger charge is -2.35. The first-order valence-electron chi connectivity index (χ1n) is 10.9. The average molecular weight is 580 g/mol. The van der Waals surface area contributed by atoms with Gasteiger partial charge in [-0.2, -0.15) is 0 Å². The number of amides is 1. The van der Waals surface area contributed by atoms with Gasteiger partial charge in [-0.3, -0.25) is 14.5 Å². The highest BCUT2D eigenvalue weighted by atomic mass is 127. The highest BCUT2D eigenvalue weighted by Gasteiger charge is 2.32. The van der Waals surface area contributed by atoms with E-state index in [4.69, 9.17) is 16.3 Å². The zero-order chi connectivity index (χ0) is 23.5. The SMILES string of the molecule is CN(CI)C1CCN(C(=O)C(=O)c2c(COc3ccc(Cl)cc3)n(C)c3ccccc23)CC1.